The molecule has 1 aromatic carbocycles. The van der Waals surface area contributed by atoms with Gasteiger partial charge in [-0.15, -0.1) is 0 Å². The SMILES string of the molecule is C=CCOc1ccc(C=C2SC(=S)N(CC(C)=O)C2=O)cc1OC. The Morgan fingerprint density at radius 3 is 2.79 bits per heavy atom. The lowest BCUT2D eigenvalue weighted by molar-refractivity contribution is -0.126. The number of amides is 1. The van der Waals surface area contributed by atoms with E-state index in [1.807, 2.05) is 6.07 Å². The van der Waals surface area contributed by atoms with Crippen molar-refractivity contribution >= 4 is 46.1 Å². The Labute approximate surface area is 150 Å². The first-order valence-electron chi connectivity index (χ1n) is 7.12. The number of benzene rings is 1. The van der Waals surface area contributed by atoms with Crippen molar-refractivity contribution in [2.24, 2.45) is 0 Å². The fourth-order valence-electron chi connectivity index (χ4n) is 2.05. The average molecular weight is 363 g/mol. The molecule has 1 aliphatic heterocycles. The smallest absolute Gasteiger partial charge is 0.266 e. The Kier molecular flexibility index (Phi) is 6.16. The molecule has 0 spiro atoms. The highest BCUT2D eigenvalue weighted by Gasteiger charge is 2.32. The lowest BCUT2D eigenvalue weighted by Crippen LogP contribution is -2.32. The average Bonchev–Trinajstić information content (AvgIpc) is 2.80. The molecule has 7 heteroatoms. The molecule has 0 radical (unpaired) electrons. The quantitative estimate of drug-likeness (QED) is 0.422. The van der Waals surface area contributed by atoms with Crippen molar-refractivity contribution in [3.05, 3.63) is 41.3 Å². The number of rotatable bonds is 7. The molecule has 0 unspecified atom stereocenters. The number of Topliss-reactive ketones (excluding diaryl/α,β-unsaturated/α-hetero) is 1. The summed E-state index contributed by atoms with van der Waals surface area (Å²) in [7, 11) is 1.55. The molecule has 0 N–H and O–H groups in total. The normalized spacial score (nSPS) is 15.8. The number of ketones is 1. The van der Waals surface area contributed by atoms with Gasteiger partial charge in [-0.2, -0.15) is 0 Å². The van der Waals surface area contributed by atoms with E-state index in [2.05, 4.69) is 6.58 Å². The van der Waals surface area contributed by atoms with E-state index in [9.17, 15) is 9.59 Å². The predicted molar refractivity (Wildman–Crippen MR) is 99.2 cm³/mol. The van der Waals surface area contributed by atoms with Crippen LogP contribution in [0.15, 0.2) is 35.8 Å². The van der Waals surface area contributed by atoms with E-state index in [1.165, 1.54) is 23.6 Å². The van der Waals surface area contributed by atoms with Crippen LogP contribution in [0.4, 0.5) is 0 Å². The lowest BCUT2D eigenvalue weighted by atomic mass is 10.2. The zero-order valence-corrected chi connectivity index (χ0v) is 15.0. The monoisotopic (exact) mass is 363 g/mol. The minimum Gasteiger partial charge on any atom is -0.493 e. The van der Waals surface area contributed by atoms with Crippen LogP contribution in [0.25, 0.3) is 6.08 Å². The van der Waals surface area contributed by atoms with Gasteiger partial charge in [0.05, 0.1) is 18.6 Å². The van der Waals surface area contributed by atoms with E-state index in [0.29, 0.717) is 27.3 Å². The van der Waals surface area contributed by atoms with Crippen molar-refractivity contribution in [1.29, 1.82) is 0 Å². The molecule has 1 amide bonds. The van der Waals surface area contributed by atoms with Crippen LogP contribution in [0.5, 0.6) is 11.5 Å². The van der Waals surface area contributed by atoms with E-state index < -0.39 is 0 Å². The van der Waals surface area contributed by atoms with E-state index >= 15 is 0 Å². The highest BCUT2D eigenvalue weighted by Crippen LogP contribution is 2.34. The van der Waals surface area contributed by atoms with Gasteiger partial charge in [0.2, 0.25) is 0 Å². The van der Waals surface area contributed by atoms with Crippen LogP contribution in [0.1, 0.15) is 12.5 Å². The molecular formula is C17H17NO4S2. The highest BCUT2D eigenvalue weighted by atomic mass is 32.2. The predicted octanol–water partition coefficient (Wildman–Crippen LogP) is 3.05. The van der Waals surface area contributed by atoms with Crippen molar-refractivity contribution in [2.45, 2.75) is 6.92 Å². The molecule has 2 rings (SSSR count). The number of ether oxygens (including phenoxy) is 2. The first kappa shape index (κ1) is 18.2. The fourth-order valence-corrected chi connectivity index (χ4v) is 3.31. The summed E-state index contributed by atoms with van der Waals surface area (Å²) in [6.07, 6.45) is 3.37. The Hall–Kier alpha value is -2.12. The summed E-state index contributed by atoms with van der Waals surface area (Å²) < 4.78 is 11.2. The van der Waals surface area contributed by atoms with Crippen LogP contribution in [0.3, 0.4) is 0 Å². The second kappa shape index (κ2) is 8.12. The van der Waals surface area contributed by atoms with Crippen molar-refractivity contribution in [3.63, 3.8) is 0 Å². The summed E-state index contributed by atoms with van der Waals surface area (Å²) in [5.41, 5.74) is 0.779. The van der Waals surface area contributed by atoms with E-state index in [1.54, 1.807) is 31.4 Å². The first-order valence-corrected chi connectivity index (χ1v) is 8.35. The number of thiocarbonyl (C=S) groups is 1. The van der Waals surface area contributed by atoms with Gasteiger partial charge in [-0.25, -0.2) is 0 Å². The first-order chi connectivity index (χ1) is 11.5. The Morgan fingerprint density at radius 1 is 1.42 bits per heavy atom. The third-order valence-corrected chi connectivity index (χ3v) is 4.47. The van der Waals surface area contributed by atoms with E-state index in [0.717, 1.165) is 5.56 Å². The molecule has 5 nitrogen and oxygen atoms in total. The molecule has 0 aliphatic carbocycles. The minimum absolute atomic E-state index is 0.000338. The number of carbonyl (C=O) groups excluding carboxylic acids is 2. The number of nitrogens with zero attached hydrogens (tertiary/aromatic N) is 1. The van der Waals surface area contributed by atoms with Gasteiger partial charge in [0.25, 0.3) is 5.91 Å². The second-order valence-electron chi connectivity index (χ2n) is 4.98. The summed E-state index contributed by atoms with van der Waals surface area (Å²) >= 11 is 6.35. The van der Waals surface area contributed by atoms with E-state index in [-0.39, 0.29) is 18.2 Å². The molecule has 0 bridgehead atoms. The van der Waals surface area contributed by atoms with Crippen molar-refractivity contribution in [2.75, 3.05) is 20.3 Å². The summed E-state index contributed by atoms with van der Waals surface area (Å²) in [6, 6.07) is 5.36. The van der Waals surface area contributed by atoms with Crippen molar-refractivity contribution in [3.8, 4) is 11.5 Å². The lowest BCUT2D eigenvalue weighted by Gasteiger charge is -2.11. The maximum Gasteiger partial charge on any atom is 0.266 e. The molecule has 0 aromatic heterocycles. The number of hydrogen-bond acceptors (Lipinski definition) is 6. The summed E-state index contributed by atoms with van der Waals surface area (Å²) in [6.45, 7) is 5.40. The van der Waals surface area contributed by atoms with Crippen molar-refractivity contribution < 1.29 is 19.1 Å². The molecular weight excluding hydrogens is 346 g/mol. The molecule has 1 heterocycles. The molecule has 126 valence electrons. The maximum atomic E-state index is 12.3. The molecule has 1 aromatic rings. The third kappa shape index (κ3) is 4.24. The number of methoxy groups -OCH3 is 1. The number of carbonyl (C=O) groups is 2. The van der Waals surface area contributed by atoms with Crippen molar-refractivity contribution in [1.82, 2.24) is 4.90 Å². The van der Waals surface area contributed by atoms with E-state index in [4.69, 9.17) is 21.7 Å². The molecule has 1 fully saturated rings. The van der Waals surface area contributed by atoms with Gasteiger partial charge in [-0.3, -0.25) is 14.5 Å². The Bertz CT molecular complexity index is 727. The van der Waals surface area contributed by atoms with Gasteiger partial charge >= 0.3 is 0 Å². The number of thioether (sulfide) groups is 1. The van der Waals surface area contributed by atoms with Crippen LogP contribution >= 0.6 is 24.0 Å². The number of hydrogen-bond donors (Lipinski definition) is 0. The Morgan fingerprint density at radius 2 is 2.17 bits per heavy atom. The van der Waals surface area contributed by atoms with Gasteiger partial charge in [0.1, 0.15) is 16.7 Å². The summed E-state index contributed by atoms with van der Waals surface area (Å²) in [4.78, 5) is 25.4. The van der Waals surface area contributed by atoms with Gasteiger partial charge in [-0.05, 0) is 30.7 Å². The molecule has 0 saturated carbocycles. The largest absolute Gasteiger partial charge is 0.493 e. The van der Waals surface area contributed by atoms with Gasteiger partial charge in [0.15, 0.2) is 11.5 Å². The van der Waals surface area contributed by atoms with Gasteiger partial charge < -0.3 is 9.47 Å². The van der Waals surface area contributed by atoms with Crippen LogP contribution < -0.4 is 9.47 Å². The topological polar surface area (TPSA) is 55.8 Å². The molecule has 1 aliphatic rings. The Balaban J connectivity index is 2.25. The maximum absolute atomic E-state index is 12.3. The minimum atomic E-state index is -0.258. The standard InChI is InChI=1S/C17H17NO4S2/c1-4-7-22-13-6-5-12(8-14(13)21-3)9-15-16(20)18(10-11(2)19)17(23)24-15/h4-6,8-9H,1,7,10H2,2-3H3. The van der Waals surface area contributed by atoms with Gasteiger partial charge in [-0.1, -0.05) is 42.7 Å². The molecule has 1 saturated heterocycles. The second-order valence-corrected chi connectivity index (χ2v) is 6.66. The van der Waals surface area contributed by atoms with Crippen LogP contribution in [-0.4, -0.2) is 41.2 Å². The zero-order chi connectivity index (χ0) is 17.7. The zero-order valence-electron chi connectivity index (χ0n) is 13.4. The fraction of sp³-hybridized carbons (Fsp3) is 0.235. The van der Waals surface area contributed by atoms with Crippen LogP contribution in [0, 0.1) is 0 Å². The van der Waals surface area contributed by atoms with Crippen LogP contribution in [0.2, 0.25) is 0 Å². The van der Waals surface area contributed by atoms with Gasteiger partial charge in [0, 0.05) is 0 Å². The highest BCUT2D eigenvalue weighted by molar-refractivity contribution is 8.26. The summed E-state index contributed by atoms with van der Waals surface area (Å²) in [5.74, 6) is 0.785. The molecule has 24 heavy (non-hydrogen) atoms. The third-order valence-electron chi connectivity index (χ3n) is 3.10. The molecule has 0 atom stereocenters. The van der Waals surface area contributed by atoms with Crippen LogP contribution in [-0.2, 0) is 9.59 Å². The summed E-state index contributed by atoms with van der Waals surface area (Å²) in [5, 5.41) is 0.